The van der Waals surface area contributed by atoms with E-state index in [0.717, 1.165) is 6.07 Å². The smallest absolute Gasteiger partial charge is 0.295 e. The Morgan fingerprint density at radius 1 is 1.56 bits per heavy atom. The minimum absolute atomic E-state index is 0.128. The molecule has 0 unspecified atom stereocenters. The van der Waals surface area contributed by atoms with Gasteiger partial charge in [-0.25, -0.2) is 4.39 Å². The van der Waals surface area contributed by atoms with Crippen LogP contribution in [0.25, 0.3) is 0 Å². The molecule has 0 bridgehead atoms. The Morgan fingerprint density at radius 3 is 2.94 bits per heavy atom. The van der Waals surface area contributed by atoms with E-state index in [1.54, 1.807) is 0 Å². The molecule has 0 atom stereocenters. The largest absolute Gasteiger partial charge is 0.372 e. The molecule has 2 aromatic rings. The summed E-state index contributed by atoms with van der Waals surface area (Å²) in [5, 5.41) is 26.5. The maximum Gasteiger partial charge on any atom is 0.295 e. The predicted molar refractivity (Wildman–Crippen MR) is 62.3 cm³/mol. The van der Waals surface area contributed by atoms with Gasteiger partial charge in [0, 0.05) is 0 Å². The first-order valence-corrected chi connectivity index (χ1v) is 5.47. The third kappa shape index (κ3) is 2.59. The SMILES string of the molecule is O=[N+]([O-])c1cc(F)c(Br)cc1NCc1nn[nH]n1. The number of nitro benzene ring substituents is 1. The van der Waals surface area contributed by atoms with Gasteiger partial charge in [-0.05, 0) is 22.0 Å². The van der Waals surface area contributed by atoms with Crippen LogP contribution >= 0.6 is 15.9 Å². The van der Waals surface area contributed by atoms with Crippen molar-refractivity contribution >= 4 is 27.3 Å². The Kier molecular flexibility index (Phi) is 3.46. The predicted octanol–water partition coefficient (Wildman–Crippen LogP) is 1.62. The maximum absolute atomic E-state index is 13.2. The average Bonchev–Trinajstić information content (AvgIpc) is 2.83. The summed E-state index contributed by atoms with van der Waals surface area (Å²) in [6.07, 6.45) is 0. The van der Waals surface area contributed by atoms with Crippen molar-refractivity contribution in [3.05, 3.63) is 38.4 Å². The molecule has 1 aromatic carbocycles. The van der Waals surface area contributed by atoms with Gasteiger partial charge in [0.05, 0.1) is 22.0 Å². The van der Waals surface area contributed by atoms with E-state index in [0.29, 0.717) is 5.82 Å². The number of H-pyrrole nitrogens is 1. The van der Waals surface area contributed by atoms with E-state index in [-0.39, 0.29) is 22.4 Å². The zero-order chi connectivity index (χ0) is 13.1. The first kappa shape index (κ1) is 12.4. The van der Waals surface area contributed by atoms with Crippen LogP contribution in [0.15, 0.2) is 16.6 Å². The topological polar surface area (TPSA) is 110 Å². The molecule has 94 valence electrons. The third-order valence-corrected chi connectivity index (χ3v) is 2.67. The highest BCUT2D eigenvalue weighted by atomic mass is 79.9. The molecule has 0 saturated heterocycles. The number of nitrogens with one attached hydrogen (secondary N) is 2. The van der Waals surface area contributed by atoms with Crippen molar-refractivity contribution in [2.24, 2.45) is 0 Å². The lowest BCUT2D eigenvalue weighted by Gasteiger charge is -2.06. The minimum Gasteiger partial charge on any atom is -0.372 e. The van der Waals surface area contributed by atoms with E-state index < -0.39 is 10.7 Å². The van der Waals surface area contributed by atoms with Gasteiger partial charge in [-0.15, -0.1) is 10.2 Å². The van der Waals surface area contributed by atoms with Gasteiger partial charge in [0.2, 0.25) is 0 Å². The Morgan fingerprint density at radius 2 is 2.33 bits per heavy atom. The van der Waals surface area contributed by atoms with Gasteiger partial charge in [-0.3, -0.25) is 10.1 Å². The van der Waals surface area contributed by atoms with Crippen LogP contribution in [0, 0.1) is 15.9 Å². The number of anilines is 1. The molecule has 1 aromatic heterocycles. The standard InChI is InChI=1S/C8H6BrFN6O2/c9-4-1-6(7(16(17)18)2-5(4)10)11-3-8-12-14-15-13-8/h1-2,11H,3H2,(H,12,13,14,15). The van der Waals surface area contributed by atoms with Crippen molar-refractivity contribution < 1.29 is 9.31 Å². The fourth-order valence-corrected chi connectivity index (χ4v) is 1.60. The molecule has 10 heteroatoms. The monoisotopic (exact) mass is 316 g/mol. The number of nitro groups is 1. The Bertz CT molecular complexity index is 575. The van der Waals surface area contributed by atoms with Gasteiger partial charge in [0.25, 0.3) is 5.69 Å². The van der Waals surface area contributed by atoms with Crippen LogP contribution in [-0.4, -0.2) is 25.5 Å². The van der Waals surface area contributed by atoms with E-state index >= 15 is 0 Å². The van der Waals surface area contributed by atoms with Crippen LogP contribution < -0.4 is 5.32 Å². The maximum atomic E-state index is 13.2. The lowest BCUT2D eigenvalue weighted by atomic mass is 10.2. The van der Waals surface area contributed by atoms with Crippen molar-refractivity contribution in [3.8, 4) is 0 Å². The normalized spacial score (nSPS) is 10.3. The molecule has 0 aliphatic rings. The first-order chi connectivity index (χ1) is 8.58. The zero-order valence-electron chi connectivity index (χ0n) is 8.72. The molecule has 0 aliphatic carbocycles. The molecule has 0 spiro atoms. The zero-order valence-corrected chi connectivity index (χ0v) is 10.3. The van der Waals surface area contributed by atoms with Gasteiger partial charge in [-0.1, -0.05) is 5.21 Å². The molecule has 0 saturated carbocycles. The van der Waals surface area contributed by atoms with E-state index in [1.165, 1.54) is 6.07 Å². The summed E-state index contributed by atoms with van der Waals surface area (Å²) in [6, 6.07) is 2.12. The number of benzene rings is 1. The second-order valence-electron chi connectivity index (χ2n) is 3.22. The number of rotatable bonds is 4. The lowest BCUT2D eigenvalue weighted by molar-refractivity contribution is -0.384. The molecular weight excluding hydrogens is 311 g/mol. The molecule has 0 fully saturated rings. The van der Waals surface area contributed by atoms with E-state index in [9.17, 15) is 14.5 Å². The van der Waals surface area contributed by atoms with Gasteiger partial charge < -0.3 is 5.32 Å². The highest BCUT2D eigenvalue weighted by Crippen LogP contribution is 2.30. The van der Waals surface area contributed by atoms with Gasteiger partial charge >= 0.3 is 0 Å². The summed E-state index contributed by atoms with van der Waals surface area (Å²) in [5.41, 5.74) is -0.197. The van der Waals surface area contributed by atoms with Gasteiger partial charge in [0.15, 0.2) is 5.82 Å². The molecular formula is C8H6BrFN6O2. The summed E-state index contributed by atoms with van der Waals surface area (Å²) in [4.78, 5) is 10.1. The fourth-order valence-electron chi connectivity index (χ4n) is 1.26. The van der Waals surface area contributed by atoms with Crippen LogP contribution in [0.2, 0.25) is 0 Å². The number of aromatic nitrogens is 4. The molecule has 0 amide bonds. The second-order valence-corrected chi connectivity index (χ2v) is 4.08. The van der Waals surface area contributed by atoms with Crippen molar-refractivity contribution in [1.82, 2.24) is 20.6 Å². The molecule has 0 radical (unpaired) electrons. The number of hydrogen-bond acceptors (Lipinski definition) is 6. The number of halogens is 2. The molecule has 2 rings (SSSR count). The lowest BCUT2D eigenvalue weighted by Crippen LogP contribution is -2.04. The summed E-state index contributed by atoms with van der Waals surface area (Å²) in [5.74, 6) is -0.364. The number of tetrazole rings is 1. The Balaban J connectivity index is 2.25. The summed E-state index contributed by atoms with van der Waals surface area (Å²) in [6.45, 7) is 0.134. The first-order valence-electron chi connectivity index (χ1n) is 4.67. The minimum atomic E-state index is -0.702. The Hall–Kier alpha value is -2.10. The van der Waals surface area contributed by atoms with Crippen molar-refractivity contribution in [1.29, 1.82) is 0 Å². The average molecular weight is 317 g/mol. The van der Waals surface area contributed by atoms with Crippen LogP contribution in [0.4, 0.5) is 15.8 Å². The summed E-state index contributed by atoms with van der Waals surface area (Å²) in [7, 11) is 0. The van der Waals surface area contributed by atoms with Crippen LogP contribution in [-0.2, 0) is 6.54 Å². The number of aromatic amines is 1. The highest BCUT2D eigenvalue weighted by molar-refractivity contribution is 9.10. The Labute approximate surface area is 108 Å². The van der Waals surface area contributed by atoms with Crippen LogP contribution in [0.3, 0.4) is 0 Å². The number of hydrogen-bond donors (Lipinski definition) is 2. The summed E-state index contributed by atoms with van der Waals surface area (Å²) < 4.78 is 13.3. The van der Waals surface area contributed by atoms with E-state index in [4.69, 9.17) is 0 Å². The van der Waals surface area contributed by atoms with E-state index in [1.807, 2.05) is 0 Å². The van der Waals surface area contributed by atoms with Crippen molar-refractivity contribution in [3.63, 3.8) is 0 Å². The molecule has 8 nitrogen and oxygen atoms in total. The molecule has 0 aliphatic heterocycles. The van der Waals surface area contributed by atoms with E-state index in [2.05, 4.69) is 41.9 Å². The molecule has 18 heavy (non-hydrogen) atoms. The quantitative estimate of drug-likeness (QED) is 0.655. The molecule has 1 heterocycles. The summed E-state index contributed by atoms with van der Waals surface area (Å²) >= 11 is 2.96. The highest BCUT2D eigenvalue weighted by Gasteiger charge is 2.17. The van der Waals surface area contributed by atoms with Crippen LogP contribution in [0.5, 0.6) is 0 Å². The number of nitrogens with zero attached hydrogens (tertiary/aromatic N) is 4. The fraction of sp³-hybridized carbons (Fsp3) is 0.125. The van der Waals surface area contributed by atoms with Gasteiger partial charge in [-0.2, -0.15) is 5.21 Å². The van der Waals surface area contributed by atoms with Crippen molar-refractivity contribution in [2.45, 2.75) is 6.54 Å². The molecule has 2 N–H and O–H groups in total. The third-order valence-electron chi connectivity index (χ3n) is 2.06. The van der Waals surface area contributed by atoms with Crippen molar-refractivity contribution in [2.75, 3.05) is 5.32 Å². The van der Waals surface area contributed by atoms with Crippen LogP contribution in [0.1, 0.15) is 5.82 Å². The van der Waals surface area contributed by atoms with Gasteiger partial charge in [0.1, 0.15) is 11.5 Å². The second kappa shape index (κ2) is 5.04.